The van der Waals surface area contributed by atoms with Crippen LogP contribution < -0.4 is 30.5 Å². The number of hydrogen-bond donors (Lipinski definition) is 2. The van der Waals surface area contributed by atoms with Crippen LogP contribution in [-0.2, 0) is 4.79 Å². The van der Waals surface area contributed by atoms with Gasteiger partial charge in [-0.1, -0.05) is 6.92 Å². The van der Waals surface area contributed by atoms with E-state index in [2.05, 4.69) is 57.9 Å². The van der Waals surface area contributed by atoms with E-state index >= 15 is 0 Å². The molecule has 1 aromatic carbocycles. The summed E-state index contributed by atoms with van der Waals surface area (Å²) in [5.74, 6) is 2.03. The van der Waals surface area contributed by atoms with Crippen molar-refractivity contribution in [3.63, 3.8) is 0 Å². The van der Waals surface area contributed by atoms with Crippen LogP contribution in [0.3, 0.4) is 0 Å². The first kappa shape index (κ1) is 26.9. The van der Waals surface area contributed by atoms with Crippen LogP contribution in [0.25, 0.3) is 0 Å². The topological polar surface area (TPSA) is 103 Å². The Balaban J connectivity index is 1.51. The molecule has 10 heteroatoms. The van der Waals surface area contributed by atoms with Gasteiger partial charge in [-0.25, -0.2) is 4.98 Å². The lowest BCUT2D eigenvalue weighted by molar-refractivity contribution is -0.120. The summed E-state index contributed by atoms with van der Waals surface area (Å²) in [6.07, 6.45) is 3.46. The molecule has 0 saturated carbocycles. The highest BCUT2D eigenvalue weighted by atomic mass is 16.5. The highest BCUT2D eigenvalue weighted by Gasteiger charge is 2.38. The number of aromatic nitrogens is 2. The summed E-state index contributed by atoms with van der Waals surface area (Å²) in [6, 6.07) is 6.32. The summed E-state index contributed by atoms with van der Waals surface area (Å²) in [5, 5.41) is 3.34. The minimum atomic E-state index is -0.242. The number of anilines is 5. The fourth-order valence-corrected chi connectivity index (χ4v) is 5.15. The molecule has 2 aromatic rings. The van der Waals surface area contributed by atoms with Crippen LogP contribution in [-0.4, -0.2) is 85.8 Å². The second kappa shape index (κ2) is 11.5. The zero-order valence-corrected chi connectivity index (χ0v) is 23.1. The number of hydrogen-bond acceptors (Lipinski definition) is 9. The number of amides is 1. The number of rotatable bonds is 9. The van der Waals surface area contributed by atoms with Crippen molar-refractivity contribution >= 4 is 34.7 Å². The molecule has 1 saturated heterocycles. The Kier molecular flexibility index (Phi) is 8.39. The Bertz CT molecular complexity index is 1080. The Morgan fingerprint density at radius 3 is 2.54 bits per heavy atom. The van der Waals surface area contributed by atoms with Gasteiger partial charge < -0.3 is 30.5 Å². The number of piperazine rings is 1. The van der Waals surface area contributed by atoms with E-state index in [9.17, 15) is 4.79 Å². The molecule has 1 amide bonds. The molecule has 2 atom stereocenters. The molecule has 1 aromatic heterocycles. The number of likely N-dealkylation sites (N-methyl/N-ethyl adjacent to an activating group) is 1. The Hall–Kier alpha value is -3.11. The third-order valence-corrected chi connectivity index (χ3v) is 7.32. The molecular formula is C27H42N8O2. The molecule has 37 heavy (non-hydrogen) atoms. The normalized spacial score (nSPS) is 19.3. The number of carbonyl (C=O) groups is 1. The molecule has 0 radical (unpaired) electrons. The summed E-state index contributed by atoms with van der Waals surface area (Å²) in [5.41, 5.74) is 8.57. The van der Waals surface area contributed by atoms with E-state index in [1.807, 2.05) is 13.0 Å². The summed E-state index contributed by atoms with van der Waals surface area (Å²) in [6.45, 7) is 13.3. The number of ether oxygens (including phenoxy) is 1. The SMILES string of the molecule is CCC1C(=O)N(C)c2cnc(Nc3ccc(N4CCN(CCC(C)N)CC4)cc3OC)nc2N1C(C)C. The first-order chi connectivity index (χ1) is 17.7. The molecular weight excluding hydrogens is 468 g/mol. The smallest absolute Gasteiger partial charge is 0.249 e. The first-order valence-corrected chi connectivity index (χ1v) is 13.3. The van der Waals surface area contributed by atoms with Crippen molar-refractivity contribution in [3.05, 3.63) is 24.4 Å². The number of fused-ring (bicyclic) bond motifs is 1. The van der Waals surface area contributed by atoms with Gasteiger partial charge in [-0.15, -0.1) is 0 Å². The van der Waals surface area contributed by atoms with Crippen molar-refractivity contribution in [1.82, 2.24) is 14.9 Å². The van der Waals surface area contributed by atoms with E-state index in [4.69, 9.17) is 15.5 Å². The number of nitrogens with one attached hydrogen (secondary N) is 1. The van der Waals surface area contributed by atoms with Gasteiger partial charge in [-0.05, 0) is 52.3 Å². The highest BCUT2D eigenvalue weighted by Crippen LogP contribution is 2.37. The van der Waals surface area contributed by atoms with Gasteiger partial charge in [-0.2, -0.15) is 4.98 Å². The molecule has 2 unspecified atom stereocenters. The third kappa shape index (κ3) is 5.75. The van der Waals surface area contributed by atoms with Gasteiger partial charge in [0, 0.05) is 57.1 Å². The van der Waals surface area contributed by atoms with Crippen LogP contribution in [0.15, 0.2) is 24.4 Å². The van der Waals surface area contributed by atoms with Crippen molar-refractivity contribution in [2.24, 2.45) is 5.73 Å². The Morgan fingerprint density at radius 2 is 1.92 bits per heavy atom. The Labute approximate surface area is 220 Å². The predicted octanol–water partition coefficient (Wildman–Crippen LogP) is 3.06. The van der Waals surface area contributed by atoms with Crippen LogP contribution in [0.5, 0.6) is 5.75 Å². The maximum absolute atomic E-state index is 12.9. The second-order valence-corrected chi connectivity index (χ2v) is 10.3. The lowest BCUT2D eigenvalue weighted by Gasteiger charge is -2.42. The van der Waals surface area contributed by atoms with Crippen molar-refractivity contribution in [2.45, 2.75) is 58.7 Å². The lowest BCUT2D eigenvalue weighted by Crippen LogP contribution is -2.54. The monoisotopic (exact) mass is 510 g/mol. The number of carbonyl (C=O) groups excluding carboxylic acids is 1. The third-order valence-electron chi connectivity index (χ3n) is 7.32. The quantitative estimate of drug-likeness (QED) is 0.527. The average Bonchev–Trinajstić information content (AvgIpc) is 2.89. The van der Waals surface area contributed by atoms with Gasteiger partial charge in [0.05, 0.1) is 19.0 Å². The number of nitrogens with zero attached hydrogens (tertiary/aromatic N) is 6. The van der Waals surface area contributed by atoms with E-state index in [0.29, 0.717) is 12.4 Å². The number of methoxy groups -OCH3 is 1. The van der Waals surface area contributed by atoms with Crippen LogP contribution in [0, 0.1) is 0 Å². The predicted molar refractivity (Wildman–Crippen MR) is 150 cm³/mol. The summed E-state index contributed by atoms with van der Waals surface area (Å²) in [4.78, 5) is 30.9. The van der Waals surface area contributed by atoms with Crippen molar-refractivity contribution < 1.29 is 9.53 Å². The van der Waals surface area contributed by atoms with Crippen molar-refractivity contribution in [3.8, 4) is 5.75 Å². The van der Waals surface area contributed by atoms with E-state index in [1.54, 1.807) is 25.3 Å². The molecule has 4 rings (SSSR count). The lowest BCUT2D eigenvalue weighted by atomic mass is 10.1. The van der Waals surface area contributed by atoms with E-state index in [-0.39, 0.29) is 24.0 Å². The molecule has 2 aliphatic rings. The van der Waals surface area contributed by atoms with Gasteiger partial charge in [0.15, 0.2) is 5.82 Å². The molecule has 0 bridgehead atoms. The maximum Gasteiger partial charge on any atom is 0.249 e. The number of nitrogens with two attached hydrogens (primary N) is 1. The molecule has 202 valence electrons. The molecule has 2 aliphatic heterocycles. The zero-order valence-electron chi connectivity index (χ0n) is 23.1. The van der Waals surface area contributed by atoms with Crippen molar-refractivity contribution in [2.75, 3.05) is 66.9 Å². The van der Waals surface area contributed by atoms with Crippen LogP contribution in [0.4, 0.5) is 28.8 Å². The highest BCUT2D eigenvalue weighted by molar-refractivity contribution is 6.04. The molecule has 10 nitrogen and oxygen atoms in total. The van der Waals surface area contributed by atoms with Gasteiger partial charge in [-0.3, -0.25) is 9.69 Å². The second-order valence-electron chi connectivity index (χ2n) is 10.3. The molecule has 3 heterocycles. The van der Waals surface area contributed by atoms with Gasteiger partial charge in [0.2, 0.25) is 11.9 Å². The standard InChI is InChI=1S/C27H42N8O2/c1-7-22-26(36)32(5)23-17-29-27(31-25(23)35(22)18(2)3)30-21-9-8-20(16-24(21)37-6)34-14-12-33(13-15-34)11-10-19(4)28/h8-9,16-19,22H,7,10-15,28H2,1-6H3,(H,29,30,31). The van der Waals surface area contributed by atoms with Gasteiger partial charge >= 0.3 is 0 Å². The largest absolute Gasteiger partial charge is 0.494 e. The minimum absolute atomic E-state index is 0.0695. The summed E-state index contributed by atoms with van der Waals surface area (Å²) < 4.78 is 5.74. The minimum Gasteiger partial charge on any atom is -0.494 e. The van der Waals surface area contributed by atoms with E-state index in [0.717, 1.165) is 67.8 Å². The molecule has 1 fully saturated rings. The molecule has 3 N–H and O–H groups in total. The molecule has 0 aliphatic carbocycles. The number of benzene rings is 1. The zero-order chi connectivity index (χ0) is 26.7. The van der Waals surface area contributed by atoms with Crippen LogP contribution >= 0.6 is 0 Å². The van der Waals surface area contributed by atoms with Crippen LogP contribution in [0.1, 0.15) is 40.5 Å². The molecule has 0 spiro atoms. The van der Waals surface area contributed by atoms with Crippen molar-refractivity contribution in [1.29, 1.82) is 0 Å². The summed E-state index contributed by atoms with van der Waals surface area (Å²) in [7, 11) is 3.47. The van der Waals surface area contributed by atoms with Gasteiger partial charge in [0.1, 0.15) is 17.5 Å². The first-order valence-electron chi connectivity index (χ1n) is 13.3. The Morgan fingerprint density at radius 1 is 1.19 bits per heavy atom. The average molecular weight is 511 g/mol. The van der Waals surface area contributed by atoms with Crippen LogP contribution in [0.2, 0.25) is 0 Å². The fourth-order valence-electron chi connectivity index (χ4n) is 5.15. The maximum atomic E-state index is 12.9. The fraction of sp³-hybridized carbons (Fsp3) is 0.593. The van der Waals surface area contributed by atoms with Gasteiger partial charge in [0.25, 0.3) is 0 Å². The summed E-state index contributed by atoms with van der Waals surface area (Å²) >= 11 is 0. The van der Waals surface area contributed by atoms with E-state index in [1.165, 1.54) is 0 Å². The van der Waals surface area contributed by atoms with E-state index < -0.39 is 0 Å².